The van der Waals surface area contributed by atoms with Crippen molar-refractivity contribution in [1.29, 1.82) is 0 Å². The van der Waals surface area contributed by atoms with Gasteiger partial charge in [-0.1, -0.05) is 30.4 Å². The lowest BCUT2D eigenvalue weighted by molar-refractivity contribution is -0.136. The molecular weight excluding hydrogens is 238 g/mol. The predicted molar refractivity (Wildman–Crippen MR) is 68.8 cm³/mol. The molecular formula is C12H15NO3S. The lowest BCUT2D eigenvalue weighted by atomic mass is 10.1. The predicted octanol–water partition coefficient (Wildman–Crippen LogP) is 1.92. The van der Waals surface area contributed by atoms with Crippen molar-refractivity contribution in [2.45, 2.75) is 26.4 Å². The number of thiocarbonyl (C=S) groups is 1. The molecule has 1 aromatic carbocycles. The van der Waals surface area contributed by atoms with Crippen molar-refractivity contribution in [3.63, 3.8) is 0 Å². The third-order valence-corrected chi connectivity index (χ3v) is 2.25. The number of carboxylic acids is 1. The minimum Gasteiger partial charge on any atom is -0.481 e. The Labute approximate surface area is 106 Å². The van der Waals surface area contributed by atoms with Crippen LogP contribution in [0.1, 0.15) is 25.0 Å². The minimum absolute atomic E-state index is 0.0124. The SMILES string of the molecule is CC(C)ONC(=S)c1cccc(CC(=O)O)c1. The molecule has 0 bridgehead atoms. The molecule has 0 saturated heterocycles. The van der Waals surface area contributed by atoms with Crippen molar-refractivity contribution in [3.05, 3.63) is 35.4 Å². The molecule has 0 aromatic heterocycles. The first-order valence-electron chi connectivity index (χ1n) is 5.25. The van der Waals surface area contributed by atoms with E-state index in [2.05, 4.69) is 5.48 Å². The highest BCUT2D eigenvalue weighted by Gasteiger charge is 2.05. The number of hydrogen-bond acceptors (Lipinski definition) is 3. The molecule has 2 N–H and O–H groups in total. The van der Waals surface area contributed by atoms with Crippen LogP contribution in [0.5, 0.6) is 0 Å². The van der Waals surface area contributed by atoms with Crippen LogP contribution in [0.15, 0.2) is 24.3 Å². The van der Waals surface area contributed by atoms with Crippen LogP contribution < -0.4 is 5.48 Å². The number of aliphatic carboxylic acids is 1. The van der Waals surface area contributed by atoms with E-state index in [0.29, 0.717) is 10.6 Å². The Morgan fingerprint density at radius 2 is 2.24 bits per heavy atom. The first-order chi connectivity index (χ1) is 7.99. The molecule has 0 heterocycles. The molecule has 0 fully saturated rings. The number of carbonyl (C=O) groups is 1. The quantitative estimate of drug-likeness (QED) is 0.620. The number of hydrogen-bond donors (Lipinski definition) is 2. The van der Waals surface area contributed by atoms with E-state index < -0.39 is 5.97 Å². The van der Waals surface area contributed by atoms with Gasteiger partial charge in [-0.25, -0.2) is 0 Å². The third kappa shape index (κ3) is 4.93. The number of hydroxylamine groups is 1. The maximum absolute atomic E-state index is 10.6. The lowest BCUT2D eigenvalue weighted by Gasteiger charge is -2.11. The Morgan fingerprint density at radius 3 is 2.82 bits per heavy atom. The smallest absolute Gasteiger partial charge is 0.307 e. The summed E-state index contributed by atoms with van der Waals surface area (Å²) in [7, 11) is 0. The van der Waals surface area contributed by atoms with Crippen molar-refractivity contribution in [2.24, 2.45) is 0 Å². The topological polar surface area (TPSA) is 58.6 Å². The molecule has 4 nitrogen and oxygen atoms in total. The average molecular weight is 253 g/mol. The highest BCUT2D eigenvalue weighted by molar-refractivity contribution is 7.80. The lowest BCUT2D eigenvalue weighted by Crippen LogP contribution is -2.26. The Balaban J connectivity index is 2.70. The molecule has 92 valence electrons. The van der Waals surface area contributed by atoms with Gasteiger partial charge in [0, 0.05) is 5.56 Å². The zero-order chi connectivity index (χ0) is 12.8. The second-order valence-corrected chi connectivity index (χ2v) is 4.28. The van der Waals surface area contributed by atoms with Crippen molar-refractivity contribution < 1.29 is 14.7 Å². The van der Waals surface area contributed by atoms with Gasteiger partial charge in [0.1, 0.15) is 4.99 Å². The molecule has 0 atom stereocenters. The number of rotatable bonds is 5. The Bertz CT molecular complexity index is 418. The molecule has 0 saturated carbocycles. The van der Waals surface area contributed by atoms with Crippen molar-refractivity contribution in [1.82, 2.24) is 5.48 Å². The summed E-state index contributed by atoms with van der Waals surface area (Å²) in [6.45, 7) is 3.77. The van der Waals surface area contributed by atoms with Gasteiger partial charge in [-0.3, -0.25) is 15.1 Å². The van der Waals surface area contributed by atoms with Crippen LogP contribution in [-0.4, -0.2) is 22.2 Å². The molecule has 1 rings (SSSR count). The van der Waals surface area contributed by atoms with Crippen LogP contribution >= 0.6 is 12.2 Å². The maximum atomic E-state index is 10.6. The molecule has 0 unspecified atom stereocenters. The fraction of sp³-hybridized carbons (Fsp3) is 0.333. The molecule has 5 heteroatoms. The maximum Gasteiger partial charge on any atom is 0.307 e. The number of benzene rings is 1. The summed E-state index contributed by atoms with van der Waals surface area (Å²) in [6.07, 6.45) is 0.0109. The Morgan fingerprint density at radius 1 is 1.53 bits per heavy atom. The van der Waals surface area contributed by atoms with Gasteiger partial charge in [-0.2, -0.15) is 0 Å². The van der Waals surface area contributed by atoms with Crippen LogP contribution in [0.2, 0.25) is 0 Å². The molecule has 0 amide bonds. The standard InChI is InChI=1S/C12H15NO3S/c1-8(2)16-13-12(17)10-5-3-4-9(6-10)7-11(14)15/h3-6,8H,7H2,1-2H3,(H,13,17)(H,14,15). The zero-order valence-corrected chi connectivity index (χ0v) is 10.6. The van der Waals surface area contributed by atoms with E-state index >= 15 is 0 Å². The van der Waals surface area contributed by atoms with Crippen LogP contribution in [0.3, 0.4) is 0 Å². The van der Waals surface area contributed by atoms with Crippen molar-refractivity contribution in [2.75, 3.05) is 0 Å². The van der Waals surface area contributed by atoms with Gasteiger partial charge in [-0.05, 0) is 25.5 Å². The van der Waals surface area contributed by atoms with Crippen molar-refractivity contribution >= 4 is 23.2 Å². The molecule has 0 spiro atoms. The van der Waals surface area contributed by atoms with Crippen LogP contribution in [0, 0.1) is 0 Å². The summed E-state index contributed by atoms with van der Waals surface area (Å²) < 4.78 is 0. The molecule has 0 aliphatic heterocycles. The average Bonchev–Trinajstić information content (AvgIpc) is 2.25. The summed E-state index contributed by atoms with van der Waals surface area (Å²) in [5, 5.41) is 8.70. The third-order valence-electron chi connectivity index (χ3n) is 1.93. The van der Waals surface area contributed by atoms with Gasteiger partial charge in [0.2, 0.25) is 0 Å². The monoisotopic (exact) mass is 253 g/mol. The van der Waals surface area contributed by atoms with Crippen LogP contribution in [0.25, 0.3) is 0 Å². The summed E-state index contributed by atoms with van der Waals surface area (Å²) in [5.41, 5.74) is 4.12. The van der Waals surface area contributed by atoms with Gasteiger partial charge in [0.05, 0.1) is 12.5 Å². The van der Waals surface area contributed by atoms with Gasteiger partial charge < -0.3 is 5.11 Å². The van der Waals surface area contributed by atoms with E-state index in [1.54, 1.807) is 18.2 Å². The Kier molecular flexibility index (Phi) is 5.06. The van der Waals surface area contributed by atoms with Crippen molar-refractivity contribution in [3.8, 4) is 0 Å². The summed E-state index contributed by atoms with van der Waals surface area (Å²) in [5.74, 6) is -0.862. The first kappa shape index (κ1) is 13.6. The van der Waals surface area contributed by atoms with E-state index in [0.717, 1.165) is 5.56 Å². The summed E-state index contributed by atoms with van der Waals surface area (Å²) in [4.78, 5) is 16.2. The van der Waals surface area contributed by atoms with E-state index in [1.807, 2.05) is 19.9 Å². The fourth-order valence-electron chi connectivity index (χ4n) is 1.23. The second-order valence-electron chi connectivity index (χ2n) is 3.87. The largest absolute Gasteiger partial charge is 0.481 e. The number of carboxylic acid groups (broad SMARTS) is 1. The second kappa shape index (κ2) is 6.32. The van der Waals surface area contributed by atoms with E-state index in [9.17, 15) is 4.79 Å². The van der Waals surface area contributed by atoms with Gasteiger partial charge in [0.15, 0.2) is 0 Å². The van der Waals surface area contributed by atoms with Gasteiger partial charge >= 0.3 is 5.97 Å². The van der Waals surface area contributed by atoms with E-state index in [4.69, 9.17) is 22.2 Å². The fourth-order valence-corrected chi connectivity index (χ4v) is 1.40. The molecule has 0 aliphatic rings. The van der Waals surface area contributed by atoms with Crippen LogP contribution in [0.4, 0.5) is 0 Å². The van der Waals surface area contributed by atoms with Gasteiger partial charge in [-0.15, -0.1) is 0 Å². The highest BCUT2D eigenvalue weighted by atomic mass is 32.1. The van der Waals surface area contributed by atoms with E-state index in [-0.39, 0.29) is 12.5 Å². The van der Waals surface area contributed by atoms with Crippen LogP contribution in [-0.2, 0) is 16.1 Å². The van der Waals surface area contributed by atoms with Gasteiger partial charge in [0.25, 0.3) is 0 Å². The normalized spacial score (nSPS) is 10.3. The molecule has 0 aliphatic carbocycles. The zero-order valence-electron chi connectivity index (χ0n) is 9.77. The molecule has 17 heavy (non-hydrogen) atoms. The number of nitrogens with one attached hydrogen (secondary N) is 1. The Hall–Kier alpha value is -1.46. The molecule has 0 radical (unpaired) electrons. The highest BCUT2D eigenvalue weighted by Crippen LogP contribution is 2.07. The first-order valence-corrected chi connectivity index (χ1v) is 5.66. The minimum atomic E-state index is -0.862. The summed E-state index contributed by atoms with van der Waals surface area (Å²) >= 11 is 5.13. The molecule has 1 aromatic rings. The van der Waals surface area contributed by atoms with E-state index in [1.165, 1.54) is 0 Å². The summed E-state index contributed by atoms with van der Waals surface area (Å²) in [6, 6.07) is 7.08.